The van der Waals surface area contributed by atoms with Gasteiger partial charge in [0.05, 0.1) is 0 Å². The second kappa shape index (κ2) is 13.5. The first-order chi connectivity index (χ1) is 17.4. The highest BCUT2D eigenvalue weighted by molar-refractivity contribution is 5.91. The molecule has 5 nitrogen and oxygen atoms in total. The first-order valence-electron chi connectivity index (χ1n) is 12.8. The molecule has 0 saturated heterocycles. The van der Waals surface area contributed by atoms with E-state index >= 15 is 0 Å². The molecule has 0 aromatic heterocycles. The zero-order valence-electron chi connectivity index (χ0n) is 21.7. The Labute approximate surface area is 215 Å². The van der Waals surface area contributed by atoms with Gasteiger partial charge in [0, 0.05) is 11.7 Å². The number of rotatable bonds is 10. The monoisotopic (exact) mass is 486 g/mol. The Morgan fingerprint density at radius 3 is 2.39 bits per heavy atom. The molecule has 0 bridgehead atoms. The molecule has 1 atom stereocenters. The highest BCUT2D eigenvalue weighted by Crippen LogP contribution is 2.30. The zero-order chi connectivity index (χ0) is 25.9. The third-order valence-electron chi connectivity index (χ3n) is 6.33. The smallest absolute Gasteiger partial charge is 0.265 e. The summed E-state index contributed by atoms with van der Waals surface area (Å²) >= 11 is 0. The maximum absolute atomic E-state index is 14.0. The molecule has 1 unspecified atom stereocenters. The number of hydrogen-bond acceptors (Lipinski definition) is 3. The number of aryl methyl sites for hydroxylation is 1. The number of allylic oxidation sites excluding steroid dienone is 4. The molecule has 0 radical (unpaired) electrons. The minimum atomic E-state index is -0.846. The van der Waals surface area contributed by atoms with E-state index in [4.69, 9.17) is 4.74 Å². The van der Waals surface area contributed by atoms with Crippen molar-refractivity contribution in [2.45, 2.75) is 65.0 Å². The Kier molecular flexibility index (Phi) is 10.1. The SMILES string of the molecule is C=C(C)C=C(C=CC)N(C(=O)COc1ccccc1)C(C(=O)NC1CCCCC1)c1ccccc1C. The Morgan fingerprint density at radius 1 is 1.08 bits per heavy atom. The van der Waals surface area contributed by atoms with Crippen LogP contribution in [-0.2, 0) is 9.59 Å². The first kappa shape index (κ1) is 27.0. The van der Waals surface area contributed by atoms with Gasteiger partial charge in [-0.2, -0.15) is 0 Å². The van der Waals surface area contributed by atoms with Crippen LogP contribution < -0.4 is 10.1 Å². The van der Waals surface area contributed by atoms with E-state index in [0.717, 1.165) is 42.4 Å². The summed E-state index contributed by atoms with van der Waals surface area (Å²) < 4.78 is 5.83. The van der Waals surface area contributed by atoms with E-state index in [1.165, 1.54) is 6.42 Å². The molecule has 36 heavy (non-hydrogen) atoms. The first-order valence-corrected chi connectivity index (χ1v) is 12.8. The summed E-state index contributed by atoms with van der Waals surface area (Å²) in [5, 5.41) is 3.26. The van der Waals surface area contributed by atoms with Crippen LogP contribution in [0, 0.1) is 6.92 Å². The van der Waals surface area contributed by atoms with Crippen molar-refractivity contribution in [2.75, 3.05) is 6.61 Å². The van der Waals surface area contributed by atoms with E-state index < -0.39 is 6.04 Å². The number of nitrogens with zero attached hydrogens (tertiary/aromatic N) is 1. The van der Waals surface area contributed by atoms with E-state index in [-0.39, 0.29) is 24.5 Å². The van der Waals surface area contributed by atoms with Gasteiger partial charge in [-0.25, -0.2) is 0 Å². The molecule has 1 fully saturated rings. The van der Waals surface area contributed by atoms with Gasteiger partial charge in [-0.15, -0.1) is 0 Å². The lowest BCUT2D eigenvalue weighted by Gasteiger charge is -2.34. The summed E-state index contributed by atoms with van der Waals surface area (Å²) in [6.07, 6.45) is 10.9. The quantitative estimate of drug-likeness (QED) is 0.394. The van der Waals surface area contributed by atoms with E-state index in [2.05, 4.69) is 11.9 Å². The Bertz CT molecular complexity index is 1100. The standard InChI is InChI=1S/C31H38N2O3/c1-5-14-26(21-23(2)3)33(29(34)22-36-27-18-10-7-11-19-27)30(28-20-13-12-15-24(28)4)31(35)32-25-16-8-6-9-17-25/h5,7,10-15,18-21,25,30H,2,6,8-9,16-17,22H2,1,3-4H3,(H,32,35). The van der Waals surface area contributed by atoms with Gasteiger partial charge in [0.1, 0.15) is 11.8 Å². The highest BCUT2D eigenvalue weighted by atomic mass is 16.5. The molecule has 3 rings (SSSR count). The molecule has 1 aliphatic rings. The maximum atomic E-state index is 14.0. The molecule has 1 aliphatic carbocycles. The molecule has 2 aromatic carbocycles. The van der Waals surface area contributed by atoms with E-state index in [0.29, 0.717) is 11.4 Å². The molecule has 2 aromatic rings. The largest absolute Gasteiger partial charge is 0.484 e. The summed E-state index contributed by atoms with van der Waals surface area (Å²) in [6, 6.07) is 16.2. The molecule has 190 valence electrons. The number of carbonyl (C=O) groups excluding carboxylic acids is 2. The molecular weight excluding hydrogens is 448 g/mol. The van der Waals surface area contributed by atoms with Gasteiger partial charge >= 0.3 is 0 Å². The predicted octanol–water partition coefficient (Wildman–Crippen LogP) is 6.43. The third-order valence-corrected chi connectivity index (χ3v) is 6.33. The van der Waals surface area contributed by atoms with Crippen molar-refractivity contribution in [1.82, 2.24) is 10.2 Å². The third kappa shape index (κ3) is 7.45. The van der Waals surface area contributed by atoms with Crippen LogP contribution in [0.5, 0.6) is 5.75 Å². The van der Waals surface area contributed by atoms with Gasteiger partial charge in [0.15, 0.2) is 6.61 Å². The van der Waals surface area contributed by atoms with Crippen LogP contribution in [-0.4, -0.2) is 29.4 Å². The highest BCUT2D eigenvalue weighted by Gasteiger charge is 2.35. The molecular formula is C31H38N2O3. The van der Waals surface area contributed by atoms with E-state index in [9.17, 15) is 9.59 Å². The van der Waals surface area contributed by atoms with Gasteiger partial charge < -0.3 is 10.1 Å². The van der Waals surface area contributed by atoms with E-state index in [1.807, 2.05) is 93.6 Å². The second-order valence-corrected chi connectivity index (χ2v) is 9.38. The molecule has 1 saturated carbocycles. The Balaban J connectivity index is 2.05. The van der Waals surface area contributed by atoms with Crippen molar-refractivity contribution in [3.63, 3.8) is 0 Å². The summed E-state index contributed by atoms with van der Waals surface area (Å²) in [5.74, 6) is 0.110. The average molecular weight is 487 g/mol. The Hall–Kier alpha value is -3.60. The summed E-state index contributed by atoms with van der Waals surface area (Å²) in [6.45, 7) is 9.55. The normalized spacial score (nSPS) is 15.4. The van der Waals surface area contributed by atoms with Crippen LogP contribution in [0.1, 0.15) is 63.1 Å². The number of benzene rings is 2. The molecule has 0 aliphatic heterocycles. The van der Waals surface area contributed by atoms with Crippen LogP contribution in [0.2, 0.25) is 0 Å². The van der Waals surface area contributed by atoms with Gasteiger partial charge in [0.2, 0.25) is 5.91 Å². The lowest BCUT2D eigenvalue weighted by Crippen LogP contribution is -2.47. The number of hydrogen-bond donors (Lipinski definition) is 1. The van der Waals surface area contributed by atoms with Crippen molar-refractivity contribution in [1.29, 1.82) is 0 Å². The second-order valence-electron chi connectivity index (χ2n) is 9.38. The van der Waals surface area contributed by atoms with Crippen molar-refractivity contribution < 1.29 is 14.3 Å². The molecule has 0 spiro atoms. The molecule has 2 amide bonds. The van der Waals surface area contributed by atoms with Gasteiger partial charge in [-0.1, -0.05) is 80.0 Å². The molecule has 0 heterocycles. The topological polar surface area (TPSA) is 58.6 Å². The van der Waals surface area contributed by atoms with Crippen LogP contribution in [0.15, 0.2) is 90.7 Å². The fourth-order valence-corrected chi connectivity index (χ4v) is 4.61. The lowest BCUT2D eigenvalue weighted by molar-refractivity contribution is -0.140. The van der Waals surface area contributed by atoms with Crippen LogP contribution in [0.4, 0.5) is 0 Å². The molecule has 5 heteroatoms. The zero-order valence-corrected chi connectivity index (χ0v) is 21.7. The number of carbonyl (C=O) groups is 2. The van der Waals surface area contributed by atoms with Gasteiger partial charge in [0.25, 0.3) is 5.91 Å². The number of ether oxygens (including phenoxy) is 1. The maximum Gasteiger partial charge on any atom is 0.265 e. The minimum Gasteiger partial charge on any atom is -0.484 e. The fourth-order valence-electron chi connectivity index (χ4n) is 4.61. The van der Waals surface area contributed by atoms with Gasteiger partial charge in [-0.05, 0) is 69.0 Å². The van der Waals surface area contributed by atoms with Crippen LogP contribution in [0.25, 0.3) is 0 Å². The predicted molar refractivity (Wildman–Crippen MR) is 145 cm³/mol. The summed E-state index contributed by atoms with van der Waals surface area (Å²) in [7, 11) is 0. The average Bonchev–Trinajstić information content (AvgIpc) is 2.87. The minimum absolute atomic E-state index is 0.116. The van der Waals surface area contributed by atoms with Crippen LogP contribution >= 0.6 is 0 Å². The lowest BCUT2D eigenvalue weighted by atomic mass is 9.93. The summed E-state index contributed by atoms with van der Waals surface area (Å²) in [4.78, 5) is 29.4. The van der Waals surface area contributed by atoms with Crippen molar-refractivity contribution in [3.8, 4) is 5.75 Å². The van der Waals surface area contributed by atoms with E-state index in [1.54, 1.807) is 4.90 Å². The fraction of sp³-hybridized carbons (Fsp3) is 0.355. The number of nitrogens with one attached hydrogen (secondary N) is 1. The number of para-hydroxylation sites is 1. The number of amides is 2. The summed E-state index contributed by atoms with van der Waals surface area (Å²) in [5.41, 5.74) is 3.11. The van der Waals surface area contributed by atoms with Crippen molar-refractivity contribution in [2.24, 2.45) is 0 Å². The van der Waals surface area contributed by atoms with Gasteiger partial charge in [-0.3, -0.25) is 14.5 Å². The Morgan fingerprint density at radius 2 is 1.75 bits per heavy atom. The van der Waals surface area contributed by atoms with Crippen molar-refractivity contribution in [3.05, 3.63) is 102 Å². The molecule has 1 N–H and O–H groups in total. The van der Waals surface area contributed by atoms with Crippen LogP contribution in [0.3, 0.4) is 0 Å². The van der Waals surface area contributed by atoms with Crippen molar-refractivity contribution >= 4 is 11.8 Å².